The van der Waals surface area contributed by atoms with E-state index < -0.39 is 22.3 Å². The van der Waals surface area contributed by atoms with Gasteiger partial charge in [0.25, 0.3) is 10.1 Å². The van der Waals surface area contributed by atoms with E-state index in [1.54, 1.807) is 31.2 Å². The predicted octanol–water partition coefficient (Wildman–Crippen LogP) is 3.12. The van der Waals surface area contributed by atoms with E-state index in [1.165, 1.54) is 11.8 Å². The molecule has 0 spiro atoms. The Bertz CT molecular complexity index is 1220. The van der Waals surface area contributed by atoms with Crippen LogP contribution in [0.25, 0.3) is 0 Å². The summed E-state index contributed by atoms with van der Waals surface area (Å²) in [6.07, 6.45) is 3.96. The number of hydrogen-bond acceptors (Lipinski definition) is 13. The number of aryl methyl sites for hydroxylation is 1. The number of thioether (sulfide) groups is 1. The van der Waals surface area contributed by atoms with Gasteiger partial charge in [-0.1, -0.05) is 29.5 Å². The molecule has 252 valence electrons. The average Bonchev–Trinajstić information content (AvgIpc) is 3.81. The van der Waals surface area contributed by atoms with Crippen molar-refractivity contribution in [2.45, 2.75) is 118 Å². The van der Waals surface area contributed by atoms with Crippen LogP contribution < -0.4 is 0 Å². The van der Waals surface area contributed by atoms with Crippen LogP contribution in [0.1, 0.15) is 51.0 Å². The van der Waals surface area contributed by atoms with Gasteiger partial charge < -0.3 is 37.9 Å². The first-order valence-corrected chi connectivity index (χ1v) is 18.2. The number of carbonyl (C=O) groups is 1. The summed E-state index contributed by atoms with van der Waals surface area (Å²) in [6, 6.07) is 6.56. The minimum Gasteiger partial charge on any atom is -0.371 e. The van der Waals surface area contributed by atoms with Gasteiger partial charge in [0.1, 0.15) is 42.7 Å². The van der Waals surface area contributed by atoms with E-state index >= 15 is 0 Å². The van der Waals surface area contributed by atoms with E-state index in [2.05, 4.69) is 0 Å². The predicted molar refractivity (Wildman–Crippen MR) is 161 cm³/mol. The van der Waals surface area contributed by atoms with Crippen molar-refractivity contribution in [3.05, 3.63) is 29.8 Å². The molecule has 0 saturated carbocycles. The number of ether oxygens (including phenoxy) is 8. The first kappa shape index (κ1) is 33.7. The Kier molecular flexibility index (Phi) is 11.5. The molecule has 7 rings (SSSR count). The maximum atomic E-state index is 12.5. The van der Waals surface area contributed by atoms with Gasteiger partial charge in [0.2, 0.25) is 0 Å². The Hall–Kier alpha value is -1.17. The van der Waals surface area contributed by atoms with Crippen molar-refractivity contribution in [3.63, 3.8) is 0 Å². The fraction of sp³-hybridized carbons (Fsp3) is 0.774. The zero-order chi connectivity index (χ0) is 31.4. The van der Waals surface area contributed by atoms with E-state index in [-0.39, 0.29) is 65.0 Å². The van der Waals surface area contributed by atoms with Crippen LogP contribution in [0.2, 0.25) is 0 Å². The largest absolute Gasteiger partial charge is 0.371 e. The lowest BCUT2D eigenvalue weighted by atomic mass is 10.1. The molecule has 0 radical (unpaired) electrons. The highest BCUT2D eigenvalue weighted by molar-refractivity contribution is 8.14. The van der Waals surface area contributed by atoms with Crippen LogP contribution in [-0.2, 0) is 57.0 Å². The van der Waals surface area contributed by atoms with Crippen molar-refractivity contribution in [1.29, 1.82) is 0 Å². The molecule has 6 saturated heterocycles. The quantitative estimate of drug-likeness (QED) is 0.375. The average molecular weight is 673 g/mol. The summed E-state index contributed by atoms with van der Waals surface area (Å²) >= 11 is 1.31. The Balaban J connectivity index is 0.000000167. The summed E-state index contributed by atoms with van der Waals surface area (Å²) in [7, 11) is -3.87. The SMILES string of the molecule is CC(=O)SC1CO[C@@H]2C(OC3CCCCO3)CO[C@H]12.Cc1ccc(S(=O)(=O)OC2CO[C@@H]3C(OC4CCCCO4)CO[C@H]23)cc1. The monoisotopic (exact) mass is 672 g/mol. The molecule has 14 heteroatoms. The molecule has 12 nitrogen and oxygen atoms in total. The summed E-state index contributed by atoms with van der Waals surface area (Å²) in [5.41, 5.74) is 0.984. The Morgan fingerprint density at radius 3 is 1.78 bits per heavy atom. The van der Waals surface area contributed by atoms with Gasteiger partial charge in [0.15, 0.2) is 17.7 Å². The molecule has 6 unspecified atom stereocenters. The molecular formula is C31H44O12S2. The summed E-state index contributed by atoms with van der Waals surface area (Å²) < 4.78 is 76.6. The van der Waals surface area contributed by atoms with Crippen molar-refractivity contribution in [3.8, 4) is 0 Å². The number of benzene rings is 1. The smallest absolute Gasteiger partial charge is 0.297 e. The second-order valence-electron chi connectivity index (χ2n) is 12.2. The van der Waals surface area contributed by atoms with Gasteiger partial charge in [-0.05, 0) is 57.6 Å². The van der Waals surface area contributed by atoms with Crippen LogP contribution in [0.5, 0.6) is 0 Å². The van der Waals surface area contributed by atoms with Crippen molar-refractivity contribution in [1.82, 2.24) is 0 Å². The number of carbonyl (C=O) groups excluding carboxylic acids is 1. The first-order chi connectivity index (χ1) is 21.8. The van der Waals surface area contributed by atoms with Gasteiger partial charge in [0.05, 0.1) is 36.6 Å². The zero-order valence-electron chi connectivity index (χ0n) is 25.8. The van der Waals surface area contributed by atoms with Gasteiger partial charge >= 0.3 is 0 Å². The third kappa shape index (κ3) is 8.47. The zero-order valence-corrected chi connectivity index (χ0v) is 27.4. The van der Waals surface area contributed by atoms with Gasteiger partial charge in [-0.25, -0.2) is 0 Å². The van der Waals surface area contributed by atoms with Gasteiger partial charge in [-0.3, -0.25) is 8.98 Å². The fourth-order valence-corrected chi connectivity index (χ4v) is 8.45. The molecule has 0 N–H and O–H groups in total. The maximum absolute atomic E-state index is 12.5. The molecule has 6 heterocycles. The summed E-state index contributed by atoms with van der Waals surface area (Å²) in [6.45, 7) is 6.55. The van der Waals surface area contributed by atoms with Crippen molar-refractivity contribution in [2.75, 3.05) is 39.6 Å². The van der Waals surface area contributed by atoms with Gasteiger partial charge in [-0.15, -0.1) is 0 Å². The lowest BCUT2D eigenvalue weighted by Gasteiger charge is -2.27. The van der Waals surface area contributed by atoms with E-state index in [9.17, 15) is 13.2 Å². The second-order valence-corrected chi connectivity index (χ2v) is 15.2. The van der Waals surface area contributed by atoms with Crippen LogP contribution in [0.3, 0.4) is 0 Å². The molecule has 1 aromatic carbocycles. The Labute approximate surface area is 269 Å². The number of fused-ring (bicyclic) bond motifs is 2. The fourth-order valence-electron chi connectivity index (χ4n) is 6.44. The maximum Gasteiger partial charge on any atom is 0.297 e. The normalized spacial score (nSPS) is 37.9. The minimum atomic E-state index is -3.87. The van der Waals surface area contributed by atoms with Crippen molar-refractivity contribution >= 4 is 27.0 Å². The Morgan fingerprint density at radius 1 is 0.711 bits per heavy atom. The highest BCUT2D eigenvalue weighted by Gasteiger charge is 2.51. The highest BCUT2D eigenvalue weighted by Crippen LogP contribution is 2.37. The van der Waals surface area contributed by atoms with Crippen LogP contribution in [-0.4, -0.2) is 114 Å². The van der Waals surface area contributed by atoms with Crippen LogP contribution in [0.15, 0.2) is 29.2 Å². The molecule has 6 fully saturated rings. The molecule has 0 bridgehead atoms. The standard InChI is InChI=1S/C18H24O7S.C13H20O5S/c1-12-5-7-13(8-6-12)26(19,20)25-15-11-23-17-14(10-22-18(15)17)24-16-4-2-3-9-21-16;1-8(14)19-10-7-17-12-9(6-16-13(10)12)18-11-4-2-3-5-15-11/h5-8,14-18H,2-4,9-11H2,1H3;9-13H,2-7H2,1H3/t14?,15?,16?,17-,18-;9?,10?,11?,12-,13-/m11/s1. The van der Waals surface area contributed by atoms with Crippen LogP contribution in [0.4, 0.5) is 0 Å². The van der Waals surface area contributed by atoms with E-state index in [0.717, 1.165) is 50.7 Å². The lowest BCUT2D eigenvalue weighted by Crippen LogP contribution is -2.38. The summed E-state index contributed by atoms with van der Waals surface area (Å²) in [4.78, 5) is 11.3. The topological polar surface area (TPSA) is 134 Å². The molecule has 6 aliphatic rings. The van der Waals surface area contributed by atoms with Crippen molar-refractivity contribution in [2.24, 2.45) is 0 Å². The minimum absolute atomic E-state index is 0.0255. The molecule has 6 aliphatic heterocycles. The second kappa shape index (κ2) is 15.4. The third-order valence-electron chi connectivity index (χ3n) is 8.73. The van der Waals surface area contributed by atoms with Crippen molar-refractivity contribution < 1.29 is 55.3 Å². The van der Waals surface area contributed by atoms with Crippen LogP contribution in [0, 0.1) is 6.92 Å². The van der Waals surface area contributed by atoms with E-state index in [1.807, 2.05) is 6.92 Å². The molecule has 0 aliphatic carbocycles. The molecule has 0 amide bonds. The Morgan fingerprint density at radius 2 is 1.22 bits per heavy atom. The van der Waals surface area contributed by atoms with Gasteiger partial charge in [-0.2, -0.15) is 8.42 Å². The van der Waals surface area contributed by atoms with Crippen LogP contribution >= 0.6 is 11.8 Å². The summed E-state index contributed by atoms with van der Waals surface area (Å²) in [5, 5.41) is 0.209. The molecule has 1 aromatic rings. The first-order valence-electron chi connectivity index (χ1n) is 15.9. The highest BCUT2D eigenvalue weighted by atomic mass is 32.2. The summed E-state index contributed by atoms with van der Waals surface area (Å²) in [5.74, 6) is 0. The lowest BCUT2D eigenvalue weighted by molar-refractivity contribution is -0.202. The van der Waals surface area contributed by atoms with E-state index in [4.69, 9.17) is 42.1 Å². The third-order valence-corrected chi connectivity index (χ3v) is 11.1. The molecule has 10 atom stereocenters. The number of rotatable bonds is 8. The molecule has 45 heavy (non-hydrogen) atoms. The molecule has 0 aromatic heterocycles. The van der Waals surface area contributed by atoms with E-state index in [0.29, 0.717) is 26.4 Å². The number of hydrogen-bond donors (Lipinski definition) is 0. The molecular weight excluding hydrogens is 628 g/mol. The van der Waals surface area contributed by atoms with Gasteiger partial charge in [0, 0.05) is 20.1 Å².